The summed E-state index contributed by atoms with van der Waals surface area (Å²) in [7, 11) is -1.58. The molecule has 0 N–H and O–H groups in total. The van der Waals surface area contributed by atoms with Crippen LogP contribution < -0.4 is 0 Å². The molecule has 0 atom stereocenters. The van der Waals surface area contributed by atoms with Crippen molar-refractivity contribution in [2.24, 2.45) is 0 Å². The molecule has 0 spiro atoms. The quantitative estimate of drug-likeness (QED) is 0.656. The smallest absolute Gasteiger partial charge is 0.243 e. The fraction of sp³-hybridized carbons (Fsp3) is 0.350. The second-order valence-corrected chi connectivity index (χ2v) is 9.75. The highest BCUT2D eigenvalue weighted by molar-refractivity contribution is 9.10. The van der Waals surface area contributed by atoms with Gasteiger partial charge in [-0.15, -0.1) is 0 Å². The third kappa shape index (κ3) is 5.20. The van der Waals surface area contributed by atoms with Gasteiger partial charge < -0.3 is 4.90 Å². The number of likely N-dealkylation sites (N-methyl/N-ethyl adjacent to an activating group) is 1. The average molecular weight is 466 g/mol. The van der Waals surface area contributed by atoms with Crippen LogP contribution in [0.4, 0.5) is 0 Å². The Morgan fingerprint density at radius 1 is 1.00 bits per heavy atom. The van der Waals surface area contributed by atoms with Crippen LogP contribution in [-0.2, 0) is 21.4 Å². The molecule has 1 aliphatic heterocycles. The number of amides is 1. The second kappa shape index (κ2) is 9.17. The molecule has 1 aliphatic rings. The molecule has 2 aromatic carbocycles. The topological polar surface area (TPSA) is 60.9 Å². The standard InChI is InChI=1S/C20H24BrN3O3S/c1-22(15-17-7-9-18(21)10-8-17)16-20(25)23-11-13-24(14-12-23)28(26,27)19-5-3-2-4-6-19/h2-10H,11-16H2,1H3. The molecular weight excluding hydrogens is 442 g/mol. The molecule has 8 heteroatoms. The highest BCUT2D eigenvalue weighted by Crippen LogP contribution is 2.17. The van der Waals surface area contributed by atoms with Crippen LogP contribution in [0.3, 0.4) is 0 Å². The Hall–Kier alpha value is -1.74. The van der Waals surface area contributed by atoms with Crippen molar-refractivity contribution in [2.75, 3.05) is 39.8 Å². The third-order valence-electron chi connectivity index (χ3n) is 4.74. The maximum Gasteiger partial charge on any atom is 0.243 e. The van der Waals surface area contributed by atoms with Crippen LogP contribution >= 0.6 is 15.9 Å². The Morgan fingerprint density at radius 2 is 1.61 bits per heavy atom. The Bertz CT molecular complexity index is 896. The van der Waals surface area contributed by atoms with Crippen LogP contribution in [0.15, 0.2) is 64.0 Å². The molecule has 0 aliphatic carbocycles. The Morgan fingerprint density at radius 3 is 2.21 bits per heavy atom. The Balaban J connectivity index is 1.51. The molecule has 0 aromatic heterocycles. The van der Waals surface area contributed by atoms with E-state index in [1.54, 1.807) is 35.2 Å². The second-order valence-electron chi connectivity index (χ2n) is 6.90. The fourth-order valence-corrected chi connectivity index (χ4v) is 4.92. The van der Waals surface area contributed by atoms with Crippen molar-refractivity contribution in [1.29, 1.82) is 0 Å². The van der Waals surface area contributed by atoms with Gasteiger partial charge in [-0.2, -0.15) is 4.31 Å². The third-order valence-corrected chi connectivity index (χ3v) is 7.18. The van der Waals surface area contributed by atoms with Crippen LogP contribution in [0.25, 0.3) is 0 Å². The minimum Gasteiger partial charge on any atom is -0.339 e. The highest BCUT2D eigenvalue weighted by Gasteiger charge is 2.30. The first-order valence-corrected chi connectivity index (χ1v) is 11.4. The first-order valence-electron chi connectivity index (χ1n) is 9.12. The van der Waals surface area contributed by atoms with E-state index in [1.165, 1.54) is 4.31 Å². The van der Waals surface area contributed by atoms with Gasteiger partial charge in [0.25, 0.3) is 0 Å². The van der Waals surface area contributed by atoms with Crippen LogP contribution in [0, 0.1) is 0 Å². The molecule has 28 heavy (non-hydrogen) atoms. The summed E-state index contributed by atoms with van der Waals surface area (Å²) in [5.41, 5.74) is 1.14. The number of piperazine rings is 1. The van der Waals surface area contributed by atoms with Crippen molar-refractivity contribution in [3.63, 3.8) is 0 Å². The van der Waals surface area contributed by atoms with Gasteiger partial charge in [0.05, 0.1) is 11.4 Å². The molecule has 1 heterocycles. The van der Waals surface area contributed by atoms with Gasteiger partial charge in [0.2, 0.25) is 15.9 Å². The first kappa shape index (κ1) is 21.0. The van der Waals surface area contributed by atoms with Gasteiger partial charge >= 0.3 is 0 Å². The Kier molecular flexibility index (Phi) is 6.87. The van der Waals surface area contributed by atoms with Gasteiger partial charge in [0.1, 0.15) is 0 Å². The van der Waals surface area contributed by atoms with E-state index in [4.69, 9.17) is 0 Å². The maximum absolute atomic E-state index is 12.7. The van der Waals surface area contributed by atoms with E-state index >= 15 is 0 Å². The Labute approximate surface area is 174 Å². The summed E-state index contributed by atoms with van der Waals surface area (Å²) in [6, 6.07) is 16.4. The van der Waals surface area contributed by atoms with Crippen LogP contribution in [0.2, 0.25) is 0 Å². The minimum absolute atomic E-state index is 0.0244. The van der Waals surface area contributed by atoms with E-state index in [0.717, 1.165) is 10.0 Å². The normalized spacial score (nSPS) is 15.8. The molecule has 0 bridgehead atoms. The van der Waals surface area contributed by atoms with Crippen molar-refractivity contribution in [1.82, 2.24) is 14.1 Å². The van der Waals surface area contributed by atoms with E-state index < -0.39 is 10.0 Å². The summed E-state index contributed by atoms with van der Waals surface area (Å²) in [5, 5.41) is 0. The zero-order valence-corrected chi connectivity index (χ0v) is 18.2. The molecule has 1 saturated heterocycles. The zero-order valence-electron chi connectivity index (χ0n) is 15.8. The monoisotopic (exact) mass is 465 g/mol. The van der Waals surface area contributed by atoms with Crippen LogP contribution in [0.5, 0.6) is 0 Å². The number of halogens is 1. The van der Waals surface area contributed by atoms with E-state index in [9.17, 15) is 13.2 Å². The minimum atomic E-state index is -3.50. The maximum atomic E-state index is 12.7. The van der Waals surface area contributed by atoms with Crippen molar-refractivity contribution in [3.8, 4) is 0 Å². The number of sulfonamides is 1. The number of hydrogen-bond donors (Lipinski definition) is 0. The van der Waals surface area contributed by atoms with Crippen molar-refractivity contribution in [2.45, 2.75) is 11.4 Å². The molecule has 6 nitrogen and oxygen atoms in total. The number of carbonyl (C=O) groups is 1. The fourth-order valence-electron chi connectivity index (χ4n) is 3.21. The first-order chi connectivity index (χ1) is 13.4. The summed E-state index contributed by atoms with van der Waals surface area (Å²) >= 11 is 3.42. The van der Waals surface area contributed by atoms with E-state index in [1.807, 2.05) is 36.2 Å². The summed E-state index contributed by atoms with van der Waals surface area (Å²) in [5.74, 6) is 0.0244. The van der Waals surface area contributed by atoms with E-state index in [2.05, 4.69) is 15.9 Å². The number of hydrogen-bond acceptors (Lipinski definition) is 4. The predicted octanol–water partition coefficient (Wildman–Crippen LogP) is 2.41. The van der Waals surface area contributed by atoms with Gasteiger partial charge in [0, 0.05) is 37.2 Å². The summed E-state index contributed by atoms with van der Waals surface area (Å²) in [6.07, 6.45) is 0. The van der Waals surface area contributed by atoms with E-state index in [0.29, 0.717) is 44.2 Å². The average Bonchev–Trinajstić information content (AvgIpc) is 2.70. The molecule has 3 rings (SSSR count). The largest absolute Gasteiger partial charge is 0.339 e. The van der Waals surface area contributed by atoms with Crippen molar-refractivity contribution in [3.05, 3.63) is 64.6 Å². The van der Waals surface area contributed by atoms with Crippen molar-refractivity contribution < 1.29 is 13.2 Å². The van der Waals surface area contributed by atoms with Gasteiger partial charge in [-0.1, -0.05) is 46.3 Å². The number of nitrogens with zero attached hydrogens (tertiary/aromatic N) is 3. The molecule has 1 amide bonds. The van der Waals surface area contributed by atoms with Gasteiger partial charge in [-0.05, 0) is 36.9 Å². The van der Waals surface area contributed by atoms with Gasteiger partial charge in [0.15, 0.2) is 0 Å². The molecule has 0 saturated carbocycles. The molecule has 150 valence electrons. The van der Waals surface area contributed by atoms with Gasteiger partial charge in [-0.3, -0.25) is 9.69 Å². The lowest BCUT2D eigenvalue weighted by Crippen LogP contribution is -2.52. The highest BCUT2D eigenvalue weighted by atomic mass is 79.9. The number of rotatable bonds is 6. The van der Waals surface area contributed by atoms with E-state index in [-0.39, 0.29) is 5.91 Å². The van der Waals surface area contributed by atoms with Crippen molar-refractivity contribution >= 4 is 31.9 Å². The lowest BCUT2D eigenvalue weighted by atomic mass is 10.2. The zero-order chi connectivity index (χ0) is 20.1. The SMILES string of the molecule is CN(CC(=O)N1CCN(S(=O)(=O)c2ccccc2)CC1)Cc1ccc(Br)cc1. The number of benzene rings is 2. The predicted molar refractivity (Wildman–Crippen MR) is 112 cm³/mol. The van der Waals surface area contributed by atoms with Gasteiger partial charge in [-0.25, -0.2) is 8.42 Å². The lowest BCUT2D eigenvalue weighted by Gasteiger charge is -2.34. The summed E-state index contributed by atoms with van der Waals surface area (Å²) < 4.78 is 27.8. The van der Waals surface area contributed by atoms with Crippen LogP contribution in [0.1, 0.15) is 5.56 Å². The molecule has 1 fully saturated rings. The molecular formula is C20H24BrN3O3S. The summed E-state index contributed by atoms with van der Waals surface area (Å²) in [6.45, 7) is 2.45. The lowest BCUT2D eigenvalue weighted by molar-refractivity contribution is -0.133. The van der Waals surface area contributed by atoms with Crippen LogP contribution in [-0.4, -0.2) is 68.2 Å². The molecule has 0 unspecified atom stereocenters. The summed E-state index contributed by atoms with van der Waals surface area (Å²) in [4.78, 5) is 16.6. The molecule has 0 radical (unpaired) electrons. The molecule has 2 aromatic rings. The number of carbonyl (C=O) groups excluding carboxylic acids is 1.